The molecule has 0 saturated carbocycles. The molecule has 0 bridgehead atoms. The fraction of sp³-hybridized carbons (Fsp3) is 0.350. The Balaban J connectivity index is 1.30. The summed E-state index contributed by atoms with van der Waals surface area (Å²) in [5.74, 6) is 1.28. The zero-order chi connectivity index (χ0) is 19.6. The highest BCUT2D eigenvalue weighted by Crippen LogP contribution is 2.30. The van der Waals surface area contributed by atoms with Gasteiger partial charge in [0, 0.05) is 17.5 Å². The lowest BCUT2D eigenvalue weighted by Crippen LogP contribution is -2.37. The van der Waals surface area contributed by atoms with E-state index in [1.165, 1.54) is 0 Å². The predicted molar refractivity (Wildman–Crippen MR) is 108 cm³/mol. The maximum atomic E-state index is 12.2. The van der Waals surface area contributed by atoms with E-state index in [9.17, 15) is 8.42 Å². The smallest absolute Gasteiger partial charge is 0.310 e. The lowest BCUT2D eigenvalue weighted by atomic mass is 9.97. The van der Waals surface area contributed by atoms with E-state index in [1.54, 1.807) is 36.4 Å². The molecular weight excluding hydrogens is 400 g/mol. The lowest BCUT2D eigenvalue weighted by molar-refractivity contribution is 0.210. The zero-order valence-electron chi connectivity index (χ0n) is 15.3. The molecule has 0 atom stereocenters. The van der Waals surface area contributed by atoms with Gasteiger partial charge in [0.25, 0.3) is 0 Å². The fourth-order valence-corrected chi connectivity index (χ4v) is 4.54. The van der Waals surface area contributed by atoms with Gasteiger partial charge in [0.15, 0.2) is 11.5 Å². The monoisotopic (exact) mass is 420 g/mol. The van der Waals surface area contributed by atoms with Crippen LogP contribution in [0.5, 0.6) is 5.75 Å². The summed E-state index contributed by atoms with van der Waals surface area (Å²) in [5.41, 5.74) is 1.51. The SMILES string of the molecule is O=S(=O)(CCN1CCC(c2nc3cc(Cl)ccc3o2)CC1)Oc1ccccc1. The van der Waals surface area contributed by atoms with Gasteiger partial charge < -0.3 is 13.5 Å². The number of likely N-dealkylation sites (tertiary alicyclic amines) is 1. The van der Waals surface area contributed by atoms with Gasteiger partial charge in [0.1, 0.15) is 11.3 Å². The van der Waals surface area contributed by atoms with E-state index in [0.717, 1.165) is 42.9 Å². The van der Waals surface area contributed by atoms with Gasteiger partial charge in [-0.3, -0.25) is 0 Å². The molecule has 148 valence electrons. The third-order valence-corrected chi connectivity index (χ3v) is 6.29. The van der Waals surface area contributed by atoms with Crippen LogP contribution >= 0.6 is 11.6 Å². The van der Waals surface area contributed by atoms with Gasteiger partial charge in [0.2, 0.25) is 0 Å². The second kappa shape index (κ2) is 8.11. The number of piperidine rings is 1. The molecular formula is C20H21ClN2O4S. The molecule has 0 amide bonds. The van der Waals surface area contributed by atoms with Crippen molar-refractivity contribution in [2.75, 3.05) is 25.4 Å². The van der Waals surface area contributed by atoms with Gasteiger partial charge in [-0.25, -0.2) is 4.98 Å². The number of hydrogen-bond donors (Lipinski definition) is 0. The average Bonchev–Trinajstić information content (AvgIpc) is 3.10. The van der Waals surface area contributed by atoms with Crippen molar-refractivity contribution in [1.29, 1.82) is 0 Å². The normalized spacial score (nSPS) is 16.5. The first-order valence-corrected chi connectivity index (χ1v) is 11.2. The first kappa shape index (κ1) is 19.2. The average molecular weight is 421 g/mol. The Labute approximate surface area is 169 Å². The molecule has 3 aromatic rings. The Bertz CT molecular complexity index is 1040. The minimum absolute atomic E-state index is 0.0338. The van der Waals surface area contributed by atoms with Crippen molar-refractivity contribution < 1.29 is 17.0 Å². The van der Waals surface area contributed by atoms with Gasteiger partial charge in [-0.15, -0.1) is 0 Å². The van der Waals surface area contributed by atoms with Crippen LogP contribution in [0.1, 0.15) is 24.7 Å². The predicted octanol–water partition coefficient (Wildman–Crippen LogP) is 4.07. The quantitative estimate of drug-likeness (QED) is 0.560. The molecule has 2 aromatic carbocycles. The Morgan fingerprint density at radius 1 is 1.14 bits per heavy atom. The summed E-state index contributed by atoms with van der Waals surface area (Å²) >= 11 is 6.01. The summed E-state index contributed by atoms with van der Waals surface area (Å²) in [6, 6.07) is 14.0. The largest absolute Gasteiger partial charge is 0.440 e. The fourth-order valence-electron chi connectivity index (χ4n) is 3.40. The Hall–Kier alpha value is -2.09. The molecule has 1 fully saturated rings. The number of oxazole rings is 1. The van der Waals surface area contributed by atoms with Crippen LogP contribution in [-0.4, -0.2) is 43.7 Å². The van der Waals surface area contributed by atoms with E-state index < -0.39 is 10.1 Å². The minimum Gasteiger partial charge on any atom is -0.440 e. The van der Waals surface area contributed by atoms with E-state index in [2.05, 4.69) is 9.88 Å². The van der Waals surface area contributed by atoms with Crippen LogP contribution in [0.2, 0.25) is 5.02 Å². The van der Waals surface area contributed by atoms with Crippen LogP contribution in [-0.2, 0) is 10.1 Å². The highest BCUT2D eigenvalue weighted by Gasteiger charge is 2.26. The number of hydrogen-bond acceptors (Lipinski definition) is 6. The van der Waals surface area contributed by atoms with Gasteiger partial charge in [-0.1, -0.05) is 29.8 Å². The molecule has 1 aromatic heterocycles. The van der Waals surface area contributed by atoms with Gasteiger partial charge in [0.05, 0.1) is 5.75 Å². The van der Waals surface area contributed by atoms with E-state index in [1.807, 2.05) is 12.1 Å². The second-order valence-electron chi connectivity index (χ2n) is 6.94. The summed E-state index contributed by atoms with van der Waals surface area (Å²) in [4.78, 5) is 6.71. The first-order valence-electron chi connectivity index (χ1n) is 9.24. The molecule has 0 aliphatic carbocycles. The van der Waals surface area contributed by atoms with Crippen LogP contribution in [0.3, 0.4) is 0 Å². The standard InChI is InChI=1S/C20H21ClN2O4S/c21-16-6-7-19-18(14-16)22-20(26-19)15-8-10-23(11-9-15)12-13-28(24,25)27-17-4-2-1-3-5-17/h1-7,14-15H,8-13H2. The van der Waals surface area contributed by atoms with Crippen LogP contribution in [0.25, 0.3) is 11.1 Å². The Kier molecular flexibility index (Phi) is 5.57. The molecule has 1 aliphatic rings. The van der Waals surface area contributed by atoms with Crippen molar-refractivity contribution in [3.63, 3.8) is 0 Å². The number of halogens is 1. The minimum atomic E-state index is -3.61. The van der Waals surface area contributed by atoms with E-state index >= 15 is 0 Å². The van der Waals surface area contributed by atoms with Crippen molar-refractivity contribution >= 4 is 32.8 Å². The van der Waals surface area contributed by atoms with Crippen LogP contribution in [0.4, 0.5) is 0 Å². The molecule has 4 rings (SSSR count). The summed E-state index contributed by atoms with van der Waals surface area (Å²) in [6.45, 7) is 2.04. The van der Waals surface area contributed by atoms with Gasteiger partial charge >= 0.3 is 10.1 Å². The van der Waals surface area contributed by atoms with Gasteiger partial charge in [-0.2, -0.15) is 8.42 Å². The summed E-state index contributed by atoms with van der Waals surface area (Å²) in [7, 11) is -3.61. The molecule has 6 nitrogen and oxygen atoms in total. The molecule has 1 saturated heterocycles. The Morgan fingerprint density at radius 3 is 2.64 bits per heavy atom. The highest BCUT2D eigenvalue weighted by atomic mass is 35.5. The second-order valence-corrected chi connectivity index (χ2v) is 9.06. The van der Waals surface area contributed by atoms with Gasteiger partial charge in [-0.05, 0) is 56.3 Å². The van der Waals surface area contributed by atoms with Crippen molar-refractivity contribution in [2.24, 2.45) is 0 Å². The molecule has 0 N–H and O–H groups in total. The van der Waals surface area contributed by atoms with Crippen LogP contribution < -0.4 is 4.18 Å². The van der Waals surface area contributed by atoms with E-state index in [4.69, 9.17) is 20.2 Å². The summed E-state index contributed by atoms with van der Waals surface area (Å²) < 4.78 is 35.4. The Morgan fingerprint density at radius 2 is 1.89 bits per heavy atom. The maximum absolute atomic E-state index is 12.2. The summed E-state index contributed by atoms with van der Waals surface area (Å²) in [6.07, 6.45) is 1.75. The topological polar surface area (TPSA) is 72.6 Å². The number of aromatic nitrogens is 1. The third kappa shape index (κ3) is 4.66. The number of rotatable bonds is 6. The van der Waals surface area contributed by atoms with Crippen molar-refractivity contribution in [1.82, 2.24) is 9.88 Å². The van der Waals surface area contributed by atoms with E-state index in [-0.39, 0.29) is 11.7 Å². The molecule has 0 unspecified atom stereocenters. The molecule has 0 spiro atoms. The summed E-state index contributed by atoms with van der Waals surface area (Å²) in [5, 5.41) is 0.640. The van der Waals surface area contributed by atoms with Crippen molar-refractivity contribution in [3.8, 4) is 5.75 Å². The molecule has 28 heavy (non-hydrogen) atoms. The molecule has 0 radical (unpaired) electrons. The van der Waals surface area contributed by atoms with Crippen LogP contribution in [0.15, 0.2) is 52.9 Å². The molecule has 8 heteroatoms. The molecule has 1 aliphatic heterocycles. The van der Waals surface area contributed by atoms with Crippen molar-refractivity contribution in [2.45, 2.75) is 18.8 Å². The van der Waals surface area contributed by atoms with E-state index in [0.29, 0.717) is 17.3 Å². The first-order chi connectivity index (χ1) is 13.5. The highest BCUT2D eigenvalue weighted by molar-refractivity contribution is 7.87. The number of fused-ring (bicyclic) bond motifs is 1. The number of nitrogens with zero attached hydrogens (tertiary/aromatic N) is 2. The zero-order valence-corrected chi connectivity index (χ0v) is 16.8. The number of para-hydroxylation sites is 1. The third-order valence-electron chi connectivity index (χ3n) is 4.93. The maximum Gasteiger partial charge on any atom is 0.310 e. The molecule has 2 heterocycles. The van der Waals surface area contributed by atoms with Crippen molar-refractivity contribution in [3.05, 3.63) is 59.4 Å². The number of benzene rings is 2. The van der Waals surface area contributed by atoms with Crippen LogP contribution in [0, 0.1) is 0 Å². The lowest BCUT2D eigenvalue weighted by Gasteiger charge is -2.30.